The Morgan fingerprint density at radius 3 is 2.73 bits per heavy atom. The van der Waals surface area contributed by atoms with Crippen LogP contribution in [0.4, 0.5) is 0 Å². The summed E-state index contributed by atoms with van der Waals surface area (Å²) in [6.45, 7) is 4.14. The summed E-state index contributed by atoms with van der Waals surface area (Å²) < 4.78 is 2.14. The molecule has 0 saturated heterocycles. The van der Waals surface area contributed by atoms with Crippen LogP contribution in [-0.4, -0.2) is 27.1 Å². The Labute approximate surface area is 131 Å². The van der Waals surface area contributed by atoms with Crippen molar-refractivity contribution in [2.45, 2.75) is 51.6 Å². The molecular formula is C18H23N3O. The van der Waals surface area contributed by atoms with Crippen LogP contribution in [0.25, 0.3) is 0 Å². The fourth-order valence-electron chi connectivity index (χ4n) is 3.31. The zero-order chi connectivity index (χ0) is 15.5. The van der Waals surface area contributed by atoms with E-state index in [9.17, 15) is 5.11 Å². The highest BCUT2D eigenvalue weighted by Crippen LogP contribution is 2.32. The molecule has 22 heavy (non-hydrogen) atoms. The van der Waals surface area contributed by atoms with Crippen molar-refractivity contribution in [2.24, 2.45) is 4.99 Å². The molecule has 0 unspecified atom stereocenters. The molecule has 0 radical (unpaired) electrons. The summed E-state index contributed by atoms with van der Waals surface area (Å²) >= 11 is 0. The maximum Gasteiger partial charge on any atom is 0.124 e. The molecule has 0 spiro atoms. The largest absolute Gasteiger partial charge is 0.507 e. The number of rotatable bonds is 3. The maximum absolute atomic E-state index is 9.86. The number of aryl methyl sites for hydroxylation is 2. The molecule has 1 aliphatic rings. The predicted octanol–water partition coefficient (Wildman–Crippen LogP) is 3.81. The minimum Gasteiger partial charge on any atom is -0.507 e. The van der Waals surface area contributed by atoms with Gasteiger partial charge < -0.3 is 5.11 Å². The number of phenolic OH excluding ortho intramolecular Hbond substituents is 1. The number of hydrogen-bond acceptors (Lipinski definition) is 3. The molecule has 0 aliphatic heterocycles. The third-order valence-corrected chi connectivity index (χ3v) is 4.39. The topological polar surface area (TPSA) is 50.4 Å². The molecule has 3 rings (SSSR count). The summed E-state index contributed by atoms with van der Waals surface area (Å²) in [6.07, 6.45) is 6.44. The first-order valence-corrected chi connectivity index (χ1v) is 7.99. The third kappa shape index (κ3) is 3.06. The van der Waals surface area contributed by atoms with Gasteiger partial charge in [0.1, 0.15) is 5.75 Å². The first-order chi connectivity index (χ1) is 10.6. The molecule has 4 heteroatoms. The number of aromatic hydroxyl groups is 1. The normalized spacial score (nSPS) is 22.3. The first-order valence-electron chi connectivity index (χ1n) is 7.99. The molecule has 1 N–H and O–H groups in total. The Morgan fingerprint density at radius 1 is 1.23 bits per heavy atom. The standard InChI is InChI=1S/C18H23N3O/c1-13-11-14(2)21(20-13)17-9-5-4-8-16(17)19-12-15-7-3-6-10-18(15)22/h3,6-7,10-12,16-17,22H,4-5,8-9H2,1-2H3/t16-,17-/m1/s1. The van der Waals surface area contributed by atoms with Gasteiger partial charge in [0.05, 0.1) is 17.8 Å². The van der Waals surface area contributed by atoms with Gasteiger partial charge in [-0.3, -0.25) is 9.67 Å². The summed E-state index contributed by atoms with van der Waals surface area (Å²) in [7, 11) is 0. The Bertz CT molecular complexity index is 675. The van der Waals surface area contributed by atoms with E-state index in [4.69, 9.17) is 4.99 Å². The third-order valence-electron chi connectivity index (χ3n) is 4.39. The van der Waals surface area contributed by atoms with Gasteiger partial charge >= 0.3 is 0 Å². The van der Waals surface area contributed by atoms with Crippen molar-refractivity contribution in [1.29, 1.82) is 0 Å². The van der Waals surface area contributed by atoms with Crippen LogP contribution in [-0.2, 0) is 0 Å². The SMILES string of the molecule is Cc1cc(C)n([C@@H]2CCCC[C@H]2N=Cc2ccccc2O)n1. The van der Waals surface area contributed by atoms with E-state index in [1.165, 1.54) is 18.5 Å². The average Bonchev–Trinajstić information content (AvgIpc) is 2.85. The van der Waals surface area contributed by atoms with Crippen molar-refractivity contribution in [1.82, 2.24) is 9.78 Å². The maximum atomic E-state index is 9.86. The molecule has 1 aromatic carbocycles. The van der Waals surface area contributed by atoms with E-state index in [1.54, 1.807) is 6.07 Å². The minimum absolute atomic E-state index is 0.228. The second-order valence-electron chi connectivity index (χ2n) is 6.13. The molecule has 1 fully saturated rings. The van der Waals surface area contributed by atoms with Crippen LogP contribution in [0.3, 0.4) is 0 Å². The van der Waals surface area contributed by atoms with E-state index in [0.29, 0.717) is 6.04 Å². The number of aliphatic imine (C=N–C) groups is 1. The fourth-order valence-corrected chi connectivity index (χ4v) is 3.31. The van der Waals surface area contributed by atoms with Crippen molar-refractivity contribution in [2.75, 3.05) is 0 Å². The van der Waals surface area contributed by atoms with E-state index in [2.05, 4.69) is 22.8 Å². The molecule has 4 nitrogen and oxygen atoms in total. The lowest BCUT2D eigenvalue weighted by atomic mass is 9.90. The molecule has 1 aliphatic carbocycles. The smallest absolute Gasteiger partial charge is 0.124 e. The molecule has 116 valence electrons. The number of phenols is 1. The number of benzene rings is 1. The molecule has 2 atom stereocenters. The summed E-state index contributed by atoms with van der Waals surface area (Å²) in [4.78, 5) is 4.78. The van der Waals surface area contributed by atoms with Gasteiger partial charge in [0.25, 0.3) is 0 Å². The van der Waals surface area contributed by atoms with Crippen LogP contribution >= 0.6 is 0 Å². The van der Waals surface area contributed by atoms with E-state index < -0.39 is 0 Å². The van der Waals surface area contributed by atoms with Gasteiger partial charge in [-0.05, 0) is 44.9 Å². The van der Waals surface area contributed by atoms with E-state index in [1.807, 2.05) is 31.3 Å². The Morgan fingerprint density at radius 2 is 2.00 bits per heavy atom. The molecular weight excluding hydrogens is 274 g/mol. The van der Waals surface area contributed by atoms with Crippen LogP contribution in [0.5, 0.6) is 5.75 Å². The van der Waals surface area contributed by atoms with Gasteiger partial charge in [0.15, 0.2) is 0 Å². The van der Waals surface area contributed by atoms with Crippen molar-refractivity contribution >= 4 is 6.21 Å². The van der Waals surface area contributed by atoms with Crippen molar-refractivity contribution < 1.29 is 5.11 Å². The van der Waals surface area contributed by atoms with Gasteiger partial charge in [-0.1, -0.05) is 25.0 Å². The molecule has 1 aromatic heterocycles. The highest BCUT2D eigenvalue weighted by Gasteiger charge is 2.27. The summed E-state index contributed by atoms with van der Waals surface area (Å²) in [6, 6.07) is 10.0. The molecule has 1 heterocycles. The Balaban J connectivity index is 1.84. The number of hydrogen-bond donors (Lipinski definition) is 1. The number of nitrogens with zero attached hydrogens (tertiary/aromatic N) is 3. The van der Waals surface area contributed by atoms with Gasteiger partial charge in [0.2, 0.25) is 0 Å². The lowest BCUT2D eigenvalue weighted by molar-refractivity contribution is 0.284. The van der Waals surface area contributed by atoms with Crippen molar-refractivity contribution in [3.05, 3.63) is 47.3 Å². The van der Waals surface area contributed by atoms with E-state index in [0.717, 1.165) is 24.1 Å². The van der Waals surface area contributed by atoms with Crippen LogP contribution in [0.2, 0.25) is 0 Å². The van der Waals surface area contributed by atoms with Crippen molar-refractivity contribution in [3.8, 4) is 5.75 Å². The minimum atomic E-state index is 0.228. The Hall–Kier alpha value is -2.10. The zero-order valence-electron chi connectivity index (χ0n) is 13.2. The fraction of sp³-hybridized carbons (Fsp3) is 0.444. The average molecular weight is 297 g/mol. The highest BCUT2D eigenvalue weighted by molar-refractivity contribution is 5.83. The highest BCUT2D eigenvalue weighted by atomic mass is 16.3. The lowest BCUT2D eigenvalue weighted by Crippen LogP contribution is -2.28. The zero-order valence-corrected chi connectivity index (χ0v) is 13.2. The molecule has 0 amide bonds. The van der Waals surface area contributed by atoms with Crippen LogP contribution in [0.1, 0.15) is 48.7 Å². The summed E-state index contributed by atoms with van der Waals surface area (Å²) in [5.41, 5.74) is 3.04. The van der Waals surface area contributed by atoms with Gasteiger partial charge in [0, 0.05) is 17.5 Å². The number of aromatic nitrogens is 2. The van der Waals surface area contributed by atoms with Crippen LogP contribution in [0.15, 0.2) is 35.3 Å². The van der Waals surface area contributed by atoms with Gasteiger partial charge in [-0.15, -0.1) is 0 Å². The van der Waals surface area contributed by atoms with E-state index >= 15 is 0 Å². The first kappa shape index (κ1) is 14.8. The molecule has 1 saturated carbocycles. The second-order valence-corrected chi connectivity index (χ2v) is 6.13. The summed E-state index contributed by atoms with van der Waals surface area (Å²) in [5.74, 6) is 0.282. The summed E-state index contributed by atoms with van der Waals surface area (Å²) in [5, 5.41) is 14.5. The van der Waals surface area contributed by atoms with Crippen LogP contribution < -0.4 is 0 Å². The predicted molar refractivity (Wildman–Crippen MR) is 88.7 cm³/mol. The van der Waals surface area contributed by atoms with Crippen molar-refractivity contribution in [3.63, 3.8) is 0 Å². The number of para-hydroxylation sites is 1. The van der Waals surface area contributed by atoms with Gasteiger partial charge in [-0.2, -0.15) is 5.10 Å². The Kier molecular flexibility index (Phi) is 4.27. The molecule has 2 aromatic rings. The van der Waals surface area contributed by atoms with Gasteiger partial charge in [-0.25, -0.2) is 0 Å². The van der Waals surface area contributed by atoms with E-state index in [-0.39, 0.29) is 11.8 Å². The monoisotopic (exact) mass is 297 g/mol. The van der Waals surface area contributed by atoms with Crippen LogP contribution in [0, 0.1) is 13.8 Å². The quantitative estimate of drug-likeness (QED) is 0.876. The molecule has 0 bridgehead atoms. The lowest BCUT2D eigenvalue weighted by Gasteiger charge is -2.30. The second kappa shape index (κ2) is 6.34.